The fourth-order valence-electron chi connectivity index (χ4n) is 22.6. The third-order valence-electron chi connectivity index (χ3n) is 29.6. The van der Waals surface area contributed by atoms with E-state index in [2.05, 4.69) is 302 Å². The Hall–Kier alpha value is -20.9. The van der Waals surface area contributed by atoms with E-state index in [0.717, 1.165) is 309 Å². The topological polar surface area (TPSA) is 162 Å². The van der Waals surface area contributed by atoms with Gasteiger partial charge >= 0.3 is 0 Å². The molecule has 0 aliphatic rings. The Morgan fingerprint density at radius 1 is 0.187 bits per heavy atom. The van der Waals surface area contributed by atoms with Crippen LogP contribution in [0.1, 0.15) is 0 Å². The summed E-state index contributed by atoms with van der Waals surface area (Å²) < 4.78 is 43.1. The Labute approximate surface area is 853 Å². The standard InChI is InChI=1S/2C46H25N3O2.C43H25N3O2/c1-47-30-19-21-40-35(24-30)34-23-28(18-20-39(34)49(40)31-12-3-2-4-13-31)27-10-9-11-29(22-27)45-44-33-15-6-8-17-42(33)51-46(44)37-26-43-36(25-38(37)48-45)32-14-5-7-16-41(32)50-43;1-47-30-20-22-40-35(24-30)34-23-29(19-21-39(34)49(40)31-9-3-2-4-10-31)27-15-17-28(18-16-27)45-44-33-12-6-8-14-42(33)51-46(44)37-26-43-36(25-38(37)48-45)32-11-5-7-13-41(32)50-43;1-3-14-38-33(12-1)35-22-37-36(23-40(35)47-38)43-41(34-13-2-4-15-39(34)48-43)42(46-37)27-9-5-8-26(18-27)30-19-31(28-10-6-16-44-24-28)21-32(20-30)29-11-7-17-45-25-29/h2*2-26H;1-25H. The molecule has 0 atom stereocenters. The molecule has 19 aromatic carbocycles. The maximum Gasteiger partial charge on any atom is 0.188 e. The minimum atomic E-state index is 0.626. The number of fused-ring (bicyclic) bond motifs is 30. The predicted octanol–water partition coefficient (Wildman–Crippen LogP) is 37.5. The number of benzene rings is 19. The lowest BCUT2D eigenvalue weighted by Crippen LogP contribution is -1.93. The monoisotopic (exact) mass is 1920 g/mol. The average Bonchev–Trinajstić information content (AvgIpc) is 1.57. The second kappa shape index (κ2) is 33.9. The molecule has 150 heavy (non-hydrogen) atoms. The van der Waals surface area contributed by atoms with E-state index >= 15 is 0 Å². The van der Waals surface area contributed by atoms with Crippen molar-refractivity contribution in [1.82, 2.24) is 34.1 Å². The Bertz CT molecular complexity index is 11300. The molecule has 0 aliphatic heterocycles. The zero-order valence-electron chi connectivity index (χ0n) is 79.8. The fourth-order valence-corrected chi connectivity index (χ4v) is 22.6. The van der Waals surface area contributed by atoms with Crippen molar-refractivity contribution in [3.63, 3.8) is 0 Å². The van der Waals surface area contributed by atoms with Gasteiger partial charge in [-0.1, -0.05) is 243 Å². The van der Waals surface area contributed by atoms with Gasteiger partial charge in [0.2, 0.25) is 0 Å². The van der Waals surface area contributed by atoms with Gasteiger partial charge in [0.15, 0.2) is 11.4 Å². The van der Waals surface area contributed by atoms with Crippen molar-refractivity contribution in [2.45, 2.75) is 0 Å². The molecule has 13 heterocycles. The Balaban J connectivity index is 0.000000103. The first kappa shape index (κ1) is 84.7. The van der Waals surface area contributed by atoms with Crippen LogP contribution in [-0.2, 0) is 0 Å². The summed E-state index contributed by atoms with van der Waals surface area (Å²) in [7, 11) is 0. The first-order valence-electron chi connectivity index (χ1n) is 49.7. The largest absolute Gasteiger partial charge is 0.456 e. The van der Waals surface area contributed by atoms with E-state index in [1.807, 2.05) is 170 Å². The Morgan fingerprint density at radius 2 is 0.480 bits per heavy atom. The summed E-state index contributed by atoms with van der Waals surface area (Å²) in [5.41, 5.74) is 36.8. The molecule has 15 nitrogen and oxygen atoms in total. The summed E-state index contributed by atoms with van der Waals surface area (Å²) in [6.45, 7) is 15.4. The second-order valence-electron chi connectivity index (χ2n) is 38.1. The van der Waals surface area contributed by atoms with Crippen LogP contribution in [0, 0.1) is 13.1 Å². The zero-order valence-corrected chi connectivity index (χ0v) is 79.8. The molecule has 0 bridgehead atoms. The third kappa shape index (κ3) is 13.8. The van der Waals surface area contributed by atoms with Crippen LogP contribution in [-0.4, -0.2) is 34.1 Å². The van der Waals surface area contributed by atoms with Crippen molar-refractivity contribution < 1.29 is 26.5 Å². The van der Waals surface area contributed by atoms with E-state index < -0.39 is 0 Å². The molecule has 0 unspecified atom stereocenters. The highest BCUT2D eigenvalue weighted by atomic mass is 16.4. The van der Waals surface area contributed by atoms with Gasteiger partial charge in [0.05, 0.1) is 85.0 Å². The fraction of sp³-hybridized carbons (Fsp3) is 0. The molecule has 13 aromatic heterocycles. The summed E-state index contributed by atoms with van der Waals surface area (Å²) in [5.74, 6) is 0. The molecule has 32 rings (SSSR count). The smallest absolute Gasteiger partial charge is 0.188 e. The number of hydrogen-bond donors (Lipinski definition) is 0. The van der Waals surface area contributed by atoms with Crippen molar-refractivity contribution >= 4 is 219 Å². The Kier molecular flexibility index (Phi) is 19.1. The van der Waals surface area contributed by atoms with E-state index in [1.165, 1.54) is 0 Å². The van der Waals surface area contributed by atoms with Crippen LogP contribution in [0.25, 0.3) is 318 Å². The molecule has 0 saturated carbocycles. The minimum absolute atomic E-state index is 0.626. The molecular weight excluding hydrogens is 1840 g/mol. The molecule has 696 valence electrons. The highest BCUT2D eigenvalue weighted by Crippen LogP contribution is 2.50. The molecule has 0 fully saturated rings. The molecule has 0 aliphatic carbocycles. The number of nitrogens with zero attached hydrogens (tertiary/aromatic N) is 9. The van der Waals surface area contributed by atoms with Gasteiger partial charge < -0.3 is 35.6 Å². The van der Waals surface area contributed by atoms with Crippen LogP contribution in [0.3, 0.4) is 0 Å². The molecular formula is C135H75N9O6. The first-order valence-corrected chi connectivity index (χ1v) is 49.7. The van der Waals surface area contributed by atoms with Crippen molar-refractivity contribution in [1.29, 1.82) is 0 Å². The quantitative estimate of drug-likeness (QED) is 0.120. The number of pyridine rings is 5. The maximum atomic E-state index is 7.69. The average molecular weight is 1920 g/mol. The van der Waals surface area contributed by atoms with Crippen molar-refractivity contribution in [2.75, 3.05) is 0 Å². The molecule has 32 aromatic rings. The summed E-state index contributed by atoms with van der Waals surface area (Å²) in [5, 5.41) is 19.5. The van der Waals surface area contributed by atoms with E-state index in [9.17, 15) is 0 Å². The normalized spacial score (nSPS) is 11.9. The molecule has 0 saturated heterocycles. The SMILES string of the molecule is [C-]#[N+]c1ccc2c(c1)c1cc(-c3ccc(-c4nc5cc6c(cc5c5oc7ccccc7c45)oc4ccccc46)cc3)ccc1n2-c1ccccc1.[C-]#[N+]c1ccc2c(c1)c1cc(-c3cccc(-c4nc5cc6c(cc5c5oc7ccccc7c45)oc4ccccc46)c3)ccc1n2-c1ccccc1.c1cncc(-c2cc(-c3cccnc3)cc(-c3cccc(-c4nc5cc6c(cc5c5oc7ccccc7c45)oc4ccccc46)c3)c2)c1. The number of furan rings is 6. The summed E-state index contributed by atoms with van der Waals surface area (Å²) in [6, 6.07) is 148. The van der Waals surface area contributed by atoms with Crippen LogP contribution in [0.2, 0.25) is 0 Å². The summed E-state index contributed by atoms with van der Waals surface area (Å²) in [6.07, 6.45) is 7.41. The summed E-state index contributed by atoms with van der Waals surface area (Å²) >= 11 is 0. The highest BCUT2D eigenvalue weighted by Gasteiger charge is 2.28. The van der Waals surface area contributed by atoms with Gasteiger partial charge in [0.1, 0.15) is 67.0 Å². The van der Waals surface area contributed by atoms with Gasteiger partial charge in [0.25, 0.3) is 0 Å². The molecule has 0 radical (unpaired) electrons. The van der Waals surface area contributed by atoms with Gasteiger partial charge in [-0.2, -0.15) is 0 Å². The maximum absolute atomic E-state index is 7.69. The third-order valence-corrected chi connectivity index (χ3v) is 29.6. The van der Waals surface area contributed by atoms with Gasteiger partial charge in [0, 0.05) is 139 Å². The van der Waals surface area contributed by atoms with E-state index in [-0.39, 0.29) is 0 Å². The van der Waals surface area contributed by atoms with Gasteiger partial charge in [-0.25, -0.2) is 24.6 Å². The zero-order chi connectivity index (χ0) is 98.9. The first-order chi connectivity index (χ1) is 74.2. The number of aromatic nitrogens is 7. The van der Waals surface area contributed by atoms with Gasteiger partial charge in [-0.3, -0.25) is 9.97 Å². The van der Waals surface area contributed by atoms with Crippen LogP contribution in [0.15, 0.2) is 482 Å². The lowest BCUT2D eigenvalue weighted by molar-refractivity contribution is 0.666. The van der Waals surface area contributed by atoms with Crippen molar-refractivity contribution in [2.24, 2.45) is 0 Å². The molecule has 0 N–H and O–H groups in total. The number of hydrogen-bond acceptors (Lipinski definition) is 11. The molecule has 0 spiro atoms. The van der Waals surface area contributed by atoms with Crippen LogP contribution < -0.4 is 0 Å². The lowest BCUT2D eigenvalue weighted by Gasteiger charge is -2.12. The number of rotatable bonds is 10. The lowest BCUT2D eigenvalue weighted by atomic mass is 9.93. The predicted molar refractivity (Wildman–Crippen MR) is 609 cm³/mol. The van der Waals surface area contributed by atoms with E-state index in [4.69, 9.17) is 54.6 Å². The second-order valence-corrected chi connectivity index (χ2v) is 38.1. The van der Waals surface area contributed by atoms with Crippen LogP contribution >= 0.6 is 0 Å². The van der Waals surface area contributed by atoms with Crippen LogP contribution in [0.5, 0.6) is 0 Å². The van der Waals surface area contributed by atoms with Crippen molar-refractivity contribution in [3.05, 3.63) is 478 Å². The molecule has 15 heteroatoms. The highest BCUT2D eigenvalue weighted by molar-refractivity contribution is 6.26. The minimum Gasteiger partial charge on any atom is -0.456 e. The van der Waals surface area contributed by atoms with Gasteiger partial charge in [-0.15, -0.1) is 0 Å². The summed E-state index contributed by atoms with van der Waals surface area (Å²) in [4.78, 5) is 32.4. The van der Waals surface area contributed by atoms with E-state index in [1.54, 1.807) is 12.4 Å². The van der Waals surface area contributed by atoms with Gasteiger partial charge in [-0.05, 0) is 243 Å². The molecule has 0 amide bonds. The van der Waals surface area contributed by atoms with Crippen LogP contribution in [0.4, 0.5) is 11.4 Å². The Morgan fingerprint density at radius 3 is 0.860 bits per heavy atom. The van der Waals surface area contributed by atoms with E-state index in [0.29, 0.717) is 11.4 Å². The van der Waals surface area contributed by atoms with Crippen molar-refractivity contribution in [3.8, 4) is 101 Å². The number of para-hydroxylation sites is 8.